The first-order valence-electron chi connectivity index (χ1n) is 3.84. The van der Waals surface area contributed by atoms with Crippen molar-refractivity contribution in [1.29, 1.82) is 0 Å². The van der Waals surface area contributed by atoms with E-state index in [0.29, 0.717) is 10.6 Å². The van der Waals surface area contributed by atoms with Gasteiger partial charge in [-0.25, -0.2) is 0 Å². The molecular weight excluding hydrogens is 268 g/mol. The van der Waals surface area contributed by atoms with Crippen LogP contribution < -0.4 is 0 Å². The second-order valence-electron chi connectivity index (χ2n) is 2.85. The first kappa shape index (κ1) is 12.7. The van der Waals surface area contributed by atoms with Gasteiger partial charge < -0.3 is 0 Å². The number of rotatable bonds is 3. The number of alkyl halides is 3. The maximum Gasteiger partial charge on any atom is 0.380 e. The van der Waals surface area contributed by atoms with E-state index >= 15 is 0 Å². The number of benzene rings is 1. The zero-order valence-electron chi connectivity index (χ0n) is 7.24. The average molecular weight is 273 g/mol. The molecule has 0 aliphatic rings. The van der Waals surface area contributed by atoms with Gasteiger partial charge in [-0.2, -0.15) is 8.78 Å². The van der Waals surface area contributed by atoms with Gasteiger partial charge in [-0.3, -0.25) is 4.79 Å². The van der Waals surface area contributed by atoms with E-state index in [-0.39, 0.29) is 5.02 Å². The first-order chi connectivity index (χ1) is 6.80. The molecule has 0 fully saturated rings. The molecule has 0 amide bonds. The summed E-state index contributed by atoms with van der Waals surface area (Å²) in [7, 11) is 0. The van der Waals surface area contributed by atoms with Crippen molar-refractivity contribution in [2.45, 2.75) is 11.8 Å². The van der Waals surface area contributed by atoms with Crippen LogP contribution in [0.2, 0.25) is 10.0 Å². The summed E-state index contributed by atoms with van der Waals surface area (Å²) in [6.45, 7) is 0. The highest BCUT2D eigenvalue weighted by atomic mass is 35.5. The molecule has 1 rings (SSSR count). The van der Waals surface area contributed by atoms with Crippen LogP contribution in [-0.2, 0) is 11.2 Å². The Kier molecular flexibility index (Phi) is 3.93. The Balaban J connectivity index is 2.83. The number of hydrogen-bond donors (Lipinski definition) is 0. The van der Waals surface area contributed by atoms with Crippen molar-refractivity contribution >= 4 is 40.6 Å². The Morgan fingerprint density at radius 3 is 2.33 bits per heavy atom. The average Bonchev–Trinajstić information content (AvgIpc) is 2.10. The van der Waals surface area contributed by atoms with Crippen LogP contribution in [0.3, 0.4) is 0 Å². The number of hydrogen-bond acceptors (Lipinski definition) is 1. The van der Waals surface area contributed by atoms with Gasteiger partial charge in [0.15, 0.2) is 0 Å². The third-order valence-electron chi connectivity index (χ3n) is 1.66. The van der Waals surface area contributed by atoms with Gasteiger partial charge in [0, 0.05) is 6.42 Å². The normalized spacial score (nSPS) is 11.5. The maximum absolute atomic E-state index is 12.3. The first-order valence-corrected chi connectivity index (χ1v) is 4.98. The van der Waals surface area contributed by atoms with E-state index in [2.05, 4.69) is 11.6 Å². The Hall–Kier alpha value is -0.380. The van der Waals surface area contributed by atoms with Gasteiger partial charge in [0.25, 0.3) is 0 Å². The van der Waals surface area contributed by atoms with Crippen molar-refractivity contribution < 1.29 is 13.6 Å². The molecule has 0 atom stereocenters. The summed E-state index contributed by atoms with van der Waals surface area (Å²) in [4.78, 5) is 10.9. The zero-order chi connectivity index (χ0) is 11.6. The van der Waals surface area contributed by atoms with Crippen molar-refractivity contribution in [3.8, 4) is 0 Å². The van der Waals surface area contributed by atoms with E-state index in [1.165, 1.54) is 18.2 Å². The fraction of sp³-hybridized carbons (Fsp3) is 0.222. The Bertz CT molecular complexity index is 387. The molecule has 0 heterocycles. The van der Waals surface area contributed by atoms with Gasteiger partial charge >= 0.3 is 5.38 Å². The molecule has 0 aromatic heterocycles. The van der Waals surface area contributed by atoms with Gasteiger partial charge in [-0.1, -0.05) is 29.3 Å². The minimum Gasteiger partial charge on any atom is -0.291 e. The Morgan fingerprint density at radius 2 is 1.87 bits per heavy atom. The molecule has 1 aromatic carbocycles. The van der Waals surface area contributed by atoms with E-state index in [1.54, 1.807) is 0 Å². The van der Waals surface area contributed by atoms with Crippen LogP contribution in [0, 0.1) is 0 Å². The van der Waals surface area contributed by atoms with E-state index < -0.39 is 17.6 Å². The van der Waals surface area contributed by atoms with E-state index in [1.807, 2.05) is 0 Å². The molecule has 0 spiro atoms. The molecule has 0 N–H and O–H groups in total. The third-order valence-corrected chi connectivity index (χ3v) is 2.61. The largest absolute Gasteiger partial charge is 0.380 e. The fourth-order valence-corrected chi connectivity index (χ4v) is 1.32. The van der Waals surface area contributed by atoms with Crippen molar-refractivity contribution in [2.24, 2.45) is 0 Å². The van der Waals surface area contributed by atoms with Gasteiger partial charge in [0.1, 0.15) is 0 Å². The number of ketones is 1. The summed E-state index contributed by atoms with van der Waals surface area (Å²) in [6, 6.07) is 4.22. The minimum absolute atomic E-state index is 0.208. The quantitative estimate of drug-likeness (QED) is 0.763. The van der Waals surface area contributed by atoms with Crippen LogP contribution in [-0.4, -0.2) is 11.2 Å². The van der Waals surface area contributed by atoms with E-state index in [0.717, 1.165) is 0 Å². The van der Waals surface area contributed by atoms with Gasteiger partial charge in [-0.15, -0.1) is 0 Å². The molecule has 0 aliphatic carbocycles. The molecule has 1 aromatic rings. The number of Topliss-reactive ketones (excluding diaryl/α,β-unsaturated/α-hetero) is 1. The van der Waals surface area contributed by atoms with Crippen molar-refractivity contribution in [3.05, 3.63) is 33.8 Å². The molecule has 0 bridgehead atoms. The third kappa shape index (κ3) is 3.59. The van der Waals surface area contributed by atoms with Gasteiger partial charge in [0.05, 0.1) is 10.0 Å². The summed E-state index contributed by atoms with van der Waals surface area (Å²) in [5.74, 6) is -1.37. The van der Waals surface area contributed by atoms with Gasteiger partial charge in [-0.05, 0) is 29.3 Å². The lowest BCUT2D eigenvalue weighted by Gasteiger charge is -2.06. The zero-order valence-corrected chi connectivity index (χ0v) is 9.51. The van der Waals surface area contributed by atoms with Crippen LogP contribution in [0.15, 0.2) is 18.2 Å². The van der Waals surface area contributed by atoms with Crippen LogP contribution in [0.1, 0.15) is 5.56 Å². The highest BCUT2D eigenvalue weighted by Crippen LogP contribution is 2.26. The smallest absolute Gasteiger partial charge is 0.291 e. The lowest BCUT2D eigenvalue weighted by molar-refractivity contribution is -0.132. The lowest BCUT2D eigenvalue weighted by atomic mass is 10.1. The van der Waals surface area contributed by atoms with Crippen LogP contribution >= 0.6 is 34.8 Å². The summed E-state index contributed by atoms with van der Waals surface area (Å²) >= 11 is 15.8. The second-order valence-corrected chi connectivity index (χ2v) is 4.14. The summed E-state index contributed by atoms with van der Waals surface area (Å²) in [5.41, 5.74) is 0.342. The highest BCUT2D eigenvalue weighted by Gasteiger charge is 2.34. The Morgan fingerprint density at radius 1 is 1.27 bits per heavy atom. The summed E-state index contributed by atoms with van der Waals surface area (Å²) in [5, 5.41) is -3.34. The molecule has 0 saturated carbocycles. The minimum atomic E-state index is -3.84. The second kappa shape index (κ2) is 4.64. The molecule has 0 aliphatic heterocycles. The summed E-state index contributed by atoms with van der Waals surface area (Å²) < 4.78 is 24.7. The predicted molar refractivity (Wildman–Crippen MR) is 56.0 cm³/mol. The Labute approximate surface area is 99.9 Å². The van der Waals surface area contributed by atoms with Crippen molar-refractivity contribution in [1.82, 2.24) is 0 Å². The van der Waals surface area contributed by atoms with Crippen LogP contribution in [0.5, 0.6) is 0 Å². The van der Waals surface area contributed by atoms with E-state index in [9.17, 15) is 13.6 Å². The molecule has 0 unspecified atom stereocenters. The number of carbonyl (C=O) groups is 1. The molecule has 82 valence electrons. The molecular formula is C9H5Cl3F2O. The SMILES string of the molecule is O=C(Cc1ccc(Cl)c(Cl)c1)C(F)(F)Cl. The molecule has 1 nitrogen and oxygen atoms in total. The summed E-state index contributed by atoms with van der Waals surface area (Å²) in [6.07, 6.45) is -0.479. The molecule has 15 heavy (non-hydrogen) atoms. The van der Waals surface area contributed by atoms with Gasteiger partial charge in [0.2, 0.25) is 5.78 Å². The van der Waals surface area contributed by atoms with Crippen LogP contribution in [0.4, 0.5) is 8.78 Å². The van der Waals surface area contributed by atoms with Crippen molar-refractivity contribution in [3.63, 3.8) is 0 Å². The lowest BCUT2D eigenvalue weighted by Crippen LogP contribution is -2.23. The highest BCUT2D eigenvalue weighted by molar-refractivity contribution is 6.42. The predicted octanol–water partition coefficient (Wildman–Crippen LogP) is 3.94. The monoisotopic (exact) mass is 272 g/mol. The standard InChI is InChI=1S/C9H5Cl3F2O/c10-6-2-1-5(3-7(6)11)4-8(15)9(12,13)14/h1-3H,4H2. The topological polar surface area (TPSA) is 17.1 Å². The fourth-order valence-electron chi connectivity index (χ4n) is 0.935. The van der Waals surface area contributed by atoms with E-state index in [4.69, 9.17) is 23.2 Å². The molecule has 0 saturated heterocycles. The molecule has 0 radical (unpaired) electrons. The number of halogens is 5. The number of carbonyl (C=O) groups excluding carboxylic acids is 1. The molecule has 6 heteroatoms. The van der Waals surface area contributed by atoms with Crippen LogP contribution in [0.25, 0.3) is 0 Å². The van der Waals surface area contributed by atoms with Crippen molar-refractivity contribution in [2.75, 3.05) is 0 Å². The maximum atomic E-state index is 12.3.